The van der Waals surface area contributed by atoms with E-state index in [1.54, 1.807) is 24.6 Å². The molecule has 12 nitrogen and oxygen atoms in total. The molecule has 2 fully saturated rings. The number of hydrogen-bond acceptors (Lipinski definition) is 7. The topological polar surface area (TPSA) is 140 Å². The van der Waals surface area contributed by atoms with Crippen molar-refractivity contribution in [3.8, 4) is 0 Å². The molecule has 1 amide bonds. The second-order valence-electron chi connectivity index (χ2n) is 10.9. The molecule has 200 valence electrons. The lowest BCUT2D eigenvalue weighted by molar-refractivity contribution is -0.194. The third-order valence-electron chi connectivity index (χ3n) is 8.26. The van der Waals surface area contributed by atoms with Crippen molar-refractivity contribution in [1.29, 1.82) is 0 Å². The number of H-pyrrole nitrogens is 1. The van der Waals surface area contributed by atoms with Gasteiger partial charge >= 0.3 is 5.69 Å². The van der Waals surface area contributed by atoms with E-state index in [1.165, 1.54) is 17.9 Å². The summed E-state index contributed by atoms with van der Waals surface area (Å²) in [7, 11) is 2.99. The van der Waals surface area contributed by atoms with Gasteiger partial charge in [0.25, 0.3) is 11.5 Å². The quantitative estimate of drug-likeness (QED) is 0.401. The molecule has 0 aliphatic carbocycles. The number of likely N-dealkylation sites (tertiary alicyclic amines) is 1. The van der Waals surface area contributed by atoms with Gasteiger partial charge in [-0.2, -0.15) is 0 Å². The normalized spacial score (nSPS) is 23.5. The first-order valence-corrected chi connectivity index (χ1v) is 12.7. The number of aryl methyl sites for hydroxylation is 2. The van der Waals surface area contributed by atoms with Gasteiger partial charge in [0.05, 0.1) is 41.2 Å². The van der Waals surface area contributed by atoms with Crippen LogP contribution in [0.25, 0.3) is 22.2 Å². The van der Waals surface area contributed by atoms with Crippen molar-refractivity contribution in [2.75, 3.05) is 19.7 Å². The zero-order valence-corrected chi connectivity index (χ0v) is 21.9. The van der Waals surface area contributed by atoms with Crippen LogP contribution >= 0.6 is 0 Å². The summed E-state index contributed by atoms with van der Waals surface area (Å²) in [6.45, 7) is 4.83. The van der Waals surface area contributed by atoms with Gasteiger partial charge in [-0.3, -0.25) is 18.7 Å². The molecule has 0 saturated carbocycles. The van der Waals surface area contributed by atoms with Gasteiger partial charge in [-0.25, -0.2) is 14.8 Å². The van der Waals surface area contributed by atoms with Gasteiger partial charge in [0.15, 0.2) is 11.2 Å². The maximum Gasteiger partial charge on any atom is 0.332 e. The van der Waals surface area contributed by atoms with Gasteiger partial charge in [0, 0.05) is 39.2 Å². The smallest absolute Gasteiger partial charge is 0.332 e. The fourth-order valence-electron chi connectivity index (χ4n) is 6.13. The highest BCUT2D eigenvalue weighted by atomic mass is 16.5. The number of aliphatic hydroxyl groups is 1. The standard InChI is InChI=1S/C26H31N7O5/c1-15-28-17-6-5-16(11-18(17)29-15)22(34)32-9-7-26(8-10-32)13-25(2,37)19(12-38-26)33-14-27-21-20(33)23(35)31(4)24(36)30(21)3/h5-6,11,14,19,37H,7-10,12-13H2,1-4H3,(H,28,29)/t19-,25-/m1/s1. The van der Waals surface area contributed by atoms with Gasteiger partial charge in [0.1, 0.15) is 5.82 Å². The second-order valence-corrected chi connectivity index (χ2v) is 10.9. The summed E-state index contributed by atoms with van der Waals surface area (Å²) in [6, 6.07) is 4.93. The lowest BCUT2D eigenvalue weighted by atomic mass is 9.75. The number of aromatic nitrogens is 6. The Morgan fingerprint density at radius 2 is 1.92 bits per heavy atom. The van der Waals surface area contributed by atoms with Crippen molar-refractivity contribution >= 4 is 28.1 Å². The number of hydrogen-bond donors (Lipinski definition) is 2. The summed E-state index contributed by atoms with van der Waals surface area (Å²) in [5.41, 5.74) is 0.0874. The van der Waals surface area contributed by atoms with Crippen LogP contribution in [-0.2, 0) is 18.8 Å². The number of nitrogens with zero attached hydrogens (tertiary/aromatic N) is 6. The third kappa shape index (κ3) is 3.70. The molecule has 2 N–H and O–H groups in total. The van der Waals surface area contributed by atoms with Crippen molar-refractivity contribution in [2.45, 2.75) is 50.4 Å². The SMILES string of the molecule is Cc1nc2ccc(C(=O)N3CCC4(CC3)C[C@@](C)(O)[C@H](n3cnc5c3c(=O)n(C)c(=O)n5C)CO4)cc2[nH]1. The van der Waals surface area contributed by atoms with Gasteiger partial charge < -0.3 is 24.3 Å². The first-order valence-electron chi connectivity index (χ1n) is 12.7. The zero-order chi connectivity index (χ0) is 27.0. The van der Waals surface area contributed by atoms with Crippen LogP contribution in [0, 0.1) is 6.92 Å². The van der Waals surface area contributed by atoms with Gasteiger partial charge in [-0.1, -0.05) is 0 Å². The average Bonchev–Trinajstić information content (AvgIpc) is 3.48. The minimum absolute atomic E-state index is 0.0409. The molecule has 2 atom stereocenters. The van der Waals surface area contributed by atoms with Crippen molar-refractivity contribution < 1.29 is 14.6 Å². The van der Waals surface area contributed by atoms with Crippen molar-refractivity contribution in [3.63, 3.8) is 0 Å². The number of imidazole rings is 2. The minimum atomic E-state index is -1.21. The maximum atomic E-state index is 13.2. The van der Waals surface area contributed by atoms with Crippen molar-refractivity contribution in [1.82, 2.24) is 33.6 Å². The number of carbonyl (C=O) groups excluding carboxylic acids is 1. The largest absolute Gasteiger partial charge is 0.388 e. The Morgan fingerprint density at radius 1 is 1.18 bits per heavy atom. The van der Waals surface area contributed by atoms with E-state index in [9.17, 15) is 19.5 Å². The Hall–Kier alpha value is -3.77. The first kappa shape index (κ1) is 24.6. The van der Waals surface area contributed by atoms with E-state index in [2.05, 4.69) is 15.0 Å². The van der Waals surface area contributed by atoms with Crippen LogP contribution < -0.4 is 11.2 Å². The molecule has 5 heterocycles. The summed E-state index contributed by atoms with van der Waals surface area (Å²) in [5, 5.41) is 11.6. The van der Waals surface area contributed by atoms with E-state index in [4.69, 9.17) is 4.74 Å². The molecule has 12 heteroatoms. The van der Waals surface area contributed by atoms with Crippen LogP contribution in [-0.4, -0.2) is 75.5 Å². The zero-order valence-electron chi connectivity index (χ0n) is 21.9. The second kappa shape index (κ2) is 8.37. The predicted octanol–water partition coefficient (Wildman–Crippen LogP) is 1.01. The maximum absolute atomic E-state index is 13.2. The Morgan fingerprint density at radius 3 is 2.63 bits per heavy atom. The Bertz CT molecular complexity index is 1700. The molecular weight excluding hydrogens is 490 g/mol. The van der Waals surface area contributed by atoms with Crippen LogP contribution in [0.3, 0.4) is 0 Å². The summed E-state index contributed by atoms with van der Waals surface area (Å²) in [6.07, 6.45) is 3.02. The minimum Gasteiger partial charge on any atom is -0.388 e. The van der Waals surface area contributed by atoms with Crippen molar-refractivity contribution in [2.24, 2.45) is 14.1 Å². The number of fused-ring (bicyclic) bond motifs is 2. The Balaban J connectivity index is 1.20. The number of aromatic amines is 1. The number of ether oxygens (including phenoxy) is 1. The molecule has 6 rings (SSSR count). The van der Waals surface area contributed by atoms with Gasteiger partial charge in [0.2, 0.25) is 0 Å². The summed E-state index contributed by atoms with van der Waals surface area (Å²) in [4.78, 5) is 52.2. The molecule has 2 aliphatic heterocycles. The lowest BCUT2D eigenvalue weighted by Gasteiger charge is -2.51. The number of carbonyl (C=O) groups is 1. The van der Waals surface area contributed by atoms with Crippen LogP contribution in [0.1, 0.15) is 48.4 Å². The predicted molar refractivity (Wildman–Crippen MR) is 139 cm³/mol. The highest BCUT2D eigenvalue weighted by Crippen LogP contribution is 2.44. The van der Waals surface area contributed by atoms with E-state index < -0.39 is 28.5 Å². The number of nitrogens with one attached hydrogen (secondary N) is 1. The first-order chi connectivity index (χ1) is 18.0. The van der Waals surface area contributed by atoms with Crippen LogP contribution in [0.15, 0.2) is 34.1 Å². The third-order valence-corrected chi connectivity index (χ3v) is 8.26. The molecule has 1 spiro atoms. The van der Waals surface area contributed by atoms with Crippen LogP contribution in [0.5, 0.6) is 0 Å². The van der Waals surface area contributed by atoms with E-state index in [0.29, 0.717) is 37.9 Å². The van der Waals surface area contributed by atoms with E-state index >= 15 is 0 Å². The van der Waals surface area contributed by atoms with Crippen LogP contribution in [0.4, 0.5) is 0 Å². The molecule has 2 aliphatic rings. The fourth-order valence-corrected chi connectivity index (χ4v) is 6.13. The molecule has 0 unspecified atom stereocenters. The molecule has 2 saturated heterocycles. The molecule has 3 aromatic heterocycles. The van der Waals surface area contributed by atoms with Crippen molar-refractivity contribution in [3.05, 3.63) is 56.8 Å². The molecule has 38 heavy (non-hydrogen) atoms. The van der Waals surface area contributed by atoms with E-state index in [0.717, 1.165) is 21.4 Å². The Labute approximate surface area is 217 Å². The van der Waals surface area contributed by atoms with E-state index in [-0.39, 0.29) is 23.7 Å². The number of piperidine rings is 1. The molecule has 1 aromatic carbocycles. The monoisotopic (exact) mass is 521 g/mol. The van der Waals surface area contributed by atoms with Gasteiger partial charge in [-0.15, -0.1) is 0 Å². The lowest BCUT2D eigenvalue weighted by Crippen LogP contribution is -2.58. The highest BCUT2D eigenvalue weighted by Gasteiger charge is 2.50. The molecular formula is C26H31N7O5. The number of rotatable bonds is 2. The fraction of sp³-hybridized carbons (Fsp3) is 0.500. The van der Waals surface area contributed by atoms with Gasteiger partial charge in [-0.05, 0) is 44.9 Å². The van der Waals surface area contributed by atoms with Crippen LogP contribution in [0.2, 0.25) is 0 Å². The molecule has 4 aromatic rings. The number of amides is 1. The molecule has 0 radical (unpaired) electrons. The highest BCUT2D eigenvalue weighted by molar-refractivity contribution is 5.97. The summed E-state index contributed by atoms with van der Waals surface area (Å²) in [5.74, 6) is 0.762. The van der Waals surface area contributed by atoms with E-state index in [1.807, 2.05) is 24.0 Å². The summed E-state index contributed by atoms with van der Waals surface area (Å²) >= 11 is 0. The molecule has 0 bridgehead atoms. The average molecular weight is 522 g/mol. The number of benzene rings is 1. The summed E-state index contributed by atoms with van der Waals surface area (Å²) < 4.78 is 10.4. The Kier molecular flexibility index (Phi) is 5.41.